The fourth-order valence-corrected chi connectivity index (χ4v) is 3.12. The Morgan fingerprint density at radius 1 is 1.47 bits per heavy atom. The summed E-state index contributed by atoms with van der Waals surface area (Å²) in [5, 5.41) is 16.2. The smallest absolute Gasteiger partial charge is 0.144 e. The molecule has 0 radical (unpaired) electrons. The topological polar surface area (TPSA) is 60.7 Å². The second-order valence-corrected chi connectivity index (χ2v) is 5.68. The van der Waals surface area contributed by atoms with E-state index in [2.05, 4.69) is 28.6 Å². The van der Waals surface area contributed by atoms with Crippen LogP contribution in [0.3, 0.4) is 0 Å². The number of fused-ring (bicyclic) bond motifs is 1. The van der Waals surface area contributed by atoms with Gasteiger partial charge in [0.25, 0.3) is 0 Å². The van der Waals surface area contributed by atoms with Gasteiger partial charge < -0.3 is 10.6 Å². The lowest BCUT2D eigenvalue weighted by Gasteiger charge is -2.29. The normalized spacial score (nSPS) is 25.7. The van der Waals surface area contributed by atoms with E-state index in [-0.39, 0.29) is 0 Å². The number of hydrogen-bond acceptors (Lipinski definition) is 4. The number of nitrogens with one attached hydrogen (secondary N) is 2. The molecule has 0 amide bonds. The molecule has 4 nitrogen and oxygen atoms in total. The third kappa shape index (κ3) is 2.57. The van der Waals surface area contributed by atoms with Gasteiger partial charge >= 0.3 is 0 Å². The molecule has 1 aromatic rings. The lowest BCUT2D eigenvalue weighted by molar-refractivity contribution is 0.395. The first-order valence-electron chi connectivity index (χ1n) is 7.19. The number of rotatable bonds is 2. The summed E-state index contributed by atoms with van der Waals surface area (Å²) >= 11 is 0. The molecule has 1 fully saturated rings. The van der Waals surface area contributed by atoms with Crippen LogP contribution in [0.15, 0.2) is 6.07 Å². The average molecular weight is 256 g/mol. The monoisotopic (exact) mass is 256 g/mol. The maximum atomic E-state index is 9.29. The van der Waals surface area contributed by atoms with Gasteiger partial charge in [0, 0.05) is 17.8 Å². The predicted octanol–water partition coefficient (Wildman–Crippen LogP) is 1.99. The molecular formula is C15H20N4. The van der Waals surface area contributed by atoms with Gasteiger partial charge in [0.2, 0.25) is 0 Å². The van der Waals surface area contributed by atoms with Crippen LogP contribution in [0, 0.1) is 11.3 Å². The maximum absolute atomic E-state index is 9.29. The molecule has 4 heteroatoms. The van der Waals surface area contributed by atoms with Crippen LogP contribution in [-0.4, -0.2) is 23.6 Å². The lowest BCUT2D eigenvalue weighted by Crippen LogP contribution is -2.41. The van der Waals surface area contributed by atoms with Crippen LogP contribution in [0.2, 0.25) is 0 Å². The van der Waals surface area contributed by atoms with Gasteiger partial charge in [-0.3, -0.25) is 0 Å². The molecule has 19 heavy (non-hydrogen) atoms. The van der Waals surface area contributed by atoms with Crippen molar-refractivity contribution < 1.29 is 0 Å². The Labute approximate surface area is 114 Å². The van der Waals surface area contributed by atoms with E-state index in [0.29, 0.717) is 17.6 Å². The third-order valence-corrected chi connectivity index (χ3v) is 4.14. The number of aromatic nitrogens is 1. The standard InChI is InChI=1S/C15H20N4/c1-10-7-13(5-6-17-10)18-15-12(9-16)8-11-3-2-4-14(11)19-15/h8,10,13,17H,2-7H2,1H3,(H,18,19). The van der Waals surface area contributed by atoms with Gasteiger partial charge in [-0.2, -0.15) is 5.26 Å². The minimum atomic E-state index is 0.426. The summed E-state index contributed by atoms with van der Waals surface area (Å²) in [6, 6.07) is 5.28. The molecule has 2 atom stereocenters. The quantitative estimate of drug-likeness (QED) is 0.849. The highest BCUT2D eigenvalue weighted by Crippen LogP contribution is 2.26. The second-order valence-electron chi connectivity index (χ2n) is 5.68. The highest BCUT2D eigenvalue weighted by Gasteiger charge is 2.21. The number of pyridine rings is 1. The van der Waals surface area contributed by atoms with Gasteiger partial charge in [0.1, 0.15) is 11.9 Å². The van der Waals surface area contributed by atoms with E-state index in [1.807, 2.05) is 6.07 Å². The van der Waals surface area contributed by atoms with Crippen molar-refractivity contribution in [2.45, 2.75) is 51.1 Å². The van der Waals surface area contributed by atoms with Crippen molar-refractivity contribution in [2.24, 2.45) is 0 Å². The molecule has 100 valence electrons. The van der Waals surface area contributed by atoms with E-state index < -0.39 is 0 Å². The van der Waals surface area contributed by atoms with Crippen molar-refractivity contribution in [3.8, 4) is 6.07 Å². The summed E-state index contributed by atoms with van der Waals surface area (Å²) in [6.45, 7) is 3.24. The number of anilines is 1. The van der Waals surface area contributed by atoms with E-state index >= 15 is 0 Å². The van der Waals surface area contributed by atoms with Crippen molar-refractivity contribution in [3.05, 3.63) is 22.9 Å². The zero-order valence-electron chi connectivity index (χ0n) is 11.4. The Hall–Kier alpha value is -1.60. The Morgan fingerprint density at radius 3 is 3.16 bits per heavy atom. The molecule has 0 aromatic carbocycles. The fraction of sp³-hybridized carbons (Fsp3) is 0.600. The average Bonchev–Trinajstić information content (AvgIpc) is 2.85. The molecular weight excluding hydrogens is 236 g/mol. The van der Waals surface area contributed by atoms with E-state index in [1.54, 1.807) is 0 Å². The van der Waals surface area contributed by atoms with Gasteiger partial charge in [-0.25, -0.2) is 4.98 Å². The number of nitriles is 1. The van der Waals surface area contributed by atoms with Crippen LogP contribution in [0.4, 0.5) is 5.82 Å². The molecule has 2 unspecified atom stereocenters. The van der Waals surface area contributed by atoms with Crippen LogP contribution in [0.1, 0.15) is 43.0 Å². The van der Waals surface area contributed by atoms with Gasteiger partial charge in [0.15, 0.2) is 0 Å². The number of aryl methyl sites for hydroxylation is 2. The van der Waals surface area contributed by atoms with Crippen molar-refractivity contribution >= 4 is 5.82 Å². The largest absolute Gasteiger partial charge is 0.366 e. The summed E-state index contributed by atoms with van der Waals surface area (Å²) in [5.74, 6) is 0.794. The fourth-order valence-electron chi connectivity index (χ4n) is 3.12. The first kappa shape index (κ1) is 12.4. The van der Waals surface area contributed by atoms with Crippen molar-refractivity contribution in [1.29, 1.82) is 5.26 Å². The Bertz CT molecular complexity index is 518. The molecule has 3 rings (SSSR count). The molecule has 0 saturated carbocycles. The molecule has 1 aliphatic carbocycles. The Morgan fingerprint density at radius 2 is 2.37 bits per heavy atom. The molecule has 2 aliphatic rings. The summed E-state index contributed by atoms with van der Waals surface area (Å²) < 4.78 is 0. The van der Waals surface area contributed by atoms with E-state index in [9.17, 15) is 5.26 Å². The van der Waals surface area contributed by atoms with Crippen LogP contribution in [0.25, 0.3) is 0 Å². The molecule has 2 N–H and O–H groups in total. The molecule has 2 heterocycles. The number of piperidine rings is 1. The van der Waals surface area contributed by atoms with Gasteiger partial charge in [-0.05, 0) is 57.2 Å². The first-order chi connectivity index (χ1) is 9.26. The number of nitrogens with zero attached hydrogens (tertiary/aromatic N) is 2. The Kier molecular flexibility index (Phi) is 3.39. The predicted molar refractivity (Wildman–Crippen MR) is 75.1 cm³/mol. The zero-order valence-corrected chi connectivity index (χ0v) is 11.4. The molecule has 1 saturated heterocycles. The maximum Gasteiger partial charge on any atom is 0.144 e. The highest BCUT2D eigenvalue weighted by atomic mass is 15.1. The van der Waals surface area contributed by atoms with Crippen LogP contribution in [-0.2, 0) is 12.8 Å². The van der Waals surface area contributed by atoms with Gasteiger partial charge in [-0.15, -0.1) is 0 Å². The summed E-state index contributed by atoms with van der Waals surface area (Å²) in [7, 11) is 0. The summed E-state index contributed by atoms with van der Waals surface area (Å²) in [6.07, 6.45) is 5.47. The molecule has 0 bridgehead atoms. The molecule has 0 spiro atoms. The SMILES string of the molecule is CC1CC(Nc2nc3c(cc2C#N)CCC3)CCN1. The van der Waals surface area contributed by atoms with Crippen LogP contribution >= 0.6 is 0 Å². The first-order valence-corrected chi connectivity index (χ1v) is 7.19. The van der Waals surface area contributed by atoms with Crippen molar-refractivity contribution in [1.82, 2.24) is 10.3 Å². The molecule has 1 aliphatic heterocycles. The van der Waals surface area contributed by atoms with E-state index in [1.165, 1.54) is 17.7 Å². The summed E-state index contributed by atoms with van der Waals surface area (Å²) in [5.41, 5.74) is 3.15. The Balaban J connectivity index is 1.82. The van der Waals surface area contributed by atoms with Crippen molar-refractivity contribution in [3.63, 3.8) is 0 Å². The van der Waals surface area contributed by atoms with Gasteiger partial charge in [-0.1, -0.05) is 0 Å². The van der Waals surface area contributed by atoms with Crippen LogP contribution in [0.5, 0.6) is 0 Å². The minimum Gasteiger partial charge on any atom is -0.366 e. The second kappa shape index (κ2) is 5.18. The highest BCUT2D eigenvalue weighted by molar-refractivity contribution is 5.55. The number of hydrogen-bond donors (Lipinski definition) is 2. The van der Waals surface area contributed by atoms with Gasteiger partial charge in [0.05, 0.1) is 5.56 Å². The zero-order chi connectivity index (χ0) is 13.2. The van der Waals surface area contributed by atoms with E-state index in [4.69, 9.17) is 0 Å². The van der Waals surface area contributed by atoms with Crippen molar-refractivity contribution in [2.75, 3.05) is 11.9 Å². The van der Waals surface area contributed by atoms with E-state index in [0.717, 1.165) is 38.0 Å². The van der Waals surface area contributed by atoms with Crippen LogP contribution < -0.4 is 10.6 Å². The molecule has 1 aromatic heterocycles. The summed E-state index contributed by atoms with van der Waals surface area (Å²) in [4.78, 5) is 4.69. The lowest BCUT2D eigenvalue weighted by atomic mass is 10.0. The third-order valence-electron chi connectivity index (χ3n) is 4.14. The minimum absolute atomic E-state index is 0.426.